The maximum Gasteiger partial charge on any atom is 0.251 e. The minimum Gasteiger partial charge on any atom is -0.349 e. The Kier molecular flexibility index (Phi) is 6.62. The summed E-state index contributed by atoms with van der Waals surface area (Å²) in [4.78, 5) is 12.5. The van der Waals surface area contributed by atoms with Gasteiger partial charge in [-0.2, -0.15) is 0 Å². The normalized spacial score (nSPS) is 18.7. The first-order chi connectivity index (χ1) is 11.0. The number of benzene rings is 1. The largest absolute Gasteiger partial charge is 0.349 e. The summed E-state index contributed by atoms with van der Waals surface area (Å²) >= 11 is 0. The van der Waals surface area contributed by atoms with E-state index in [1.54, 1.807) is 12.1 Å². The van der Waals surface area contributed by atoms with E-state index in [1.165, 1.54) is 12.1 Å². The molecule has 0 spiro atoms. The van der Waals surface area contributed by atoms with Crippen molar-refractivity contribution in [2.75, 3.05) is 19.6 Å². The molecule has 6 nitrogen and oxygen atoms in total. The molecule has 1 aliphatic heterocycles. The minimum atomic E-state index is -3.54. The summed E-state index contributed by atoms with van der Waals surface area (Å²) in [7, 11) is -3.54. The lowest BCUT2D eigenvalue weighted by atomic mass is 10.1. The van der Waals surface area contributed by atoms with Gasteiger partial charge in [-0.05, 0) is 62.9 Å². The van der Waals surface area contributed by atoms with Gasteiger partial charge in [0.05, 0.1) is 4.90 Å². The van der Waals surface area contributed by atoms with Crippen LogP contribution in [-0.4, -0.2) is 40.0 Å². The molecule has 0 atom stereocenters. The van der Waals surface area contributed by atoms with Gasteiger partial charge in [-0.1, -0.05) is 6.07 Å². The molecule has 24 heavy (non-hydrogen) atoms. The third kappa shape index (κ3) is 5.17. The Balaban J connectivity index is 0.00000208. The number of hydrogen-bond donors (Lipinski definition) is 3. The van der Waals surface area contributed by atoms with Crippen molar-refractivity contribution >= 4 is 28.3 Å². The molecule has 0 radical (unpaired) electrons. The van der Waals surface area contributed by atoms with Crippen molar-refractivity contribution in [3.8, 4) is 0 Å². The van der Waals surface area contributed by atoms with Gasteiger partial charge in [-0.3, -0.25) is 4.79 Å². The second kappa shape index (κ2) is 8.29. The Bertz CT molecular complexity index is 671. The van der Waals surface area contributed by atoms with E-state index < -0.39 is 10.0 Å². The van der Waals surface area contributed by atoms with Crippen LogP contribution in [0.2, 0.25) is 0 Å². The Hall–Kier alpha value is -1.15. The van der Waals surface area contributed by atoms with Crippen molar-refractivity contribution in [3.63, 3.8) is 0 Å². The number of sulfonamides is 1. The van der Waals surface area contributed by atoms with Crippen LogP contribution in [-0.2, 0) is 10.0 Å². The number of rotatable bonds is 6. The van der Waals surface area contributed by atoms with E-state index in [-0.39, 0.29) is 29.3 Å². The molecular weight excluding hydrogens is 350 g/mol. The van der Waals surface area contributed by atoms with E-state index in [0.717, 1.165) is 38.8 Å². The fraction of sp³-hybridized carbons (Fsp3) is 0.562. The molecular formula is C16H24ClN3O3S. The first-order valence-electron chi connectivity index (χ1n) is 8.16. The summed E-state index contributed by atoms with van der Waals surface area (Å²) in [5.74, 6) is 0.257. The van der Waals surface area contributed by atoms with Crippen LogP contribution in [0.4, 0.5) is 0 Å². The summed E-state index contributed by atoms with van der Waals surface area (Å²) in [6.07, 6.45) is 3.96. The molecule has 1 aliphatic carbocycles. The second-order valence-corrected chi connectivity index (χ2v) is 8.09. The topological polar surface area (TPSA) is 87.3 Å². The summed E-state index contributed by atoms with van der Waals surface area (Å²) in [5, 5.41) is 6.23. The Labute approximate surface area is 149 Å². The zero-order chi connectivity index (χ0) is 16.3. The lowest BCUT2D eigenvalue weighted by Crippen LogP contribution is -2.42. The Morgan fingerprint density at radius 1 is 1.17 bits per heavy atom. The summed E-state index contributed by atoms with van der Waals surface area (Å²) in [6.45, 7) is 2.27. The molecule has 3 rings (SSSR count). The van der Waals surface area contributed by atoms with Crippen LogP contribution in [0.3, 0.4) is 0 Å². The predicted octanol–water partition coefficient (Wildman–Crippen LogP) is 1.28. The zero-order valence-corrected chi connectivity index (χ0v) is 15.1. The predicted molar refractivity (Wildman–Crippen MR) is 95.0 cm³/mol. The average Bonchev–Trinajstić information content (AvgIpc) is 3.38. The monoisotopic (exact) mass is 373 g/mol. The van der Waals surface area contributed by atoms with E-state index >= 15 is 0 Å². The fourth-order valence-corrected chi connectivity index (χ4v) is 3.83. The Morgan fingerprint density at radius 3 is 2.54 bits per heavy atom. The molecule has 8 heteroatoms. The van der Waals surface area contributed by atoms with E-state index in [9.17, 15) is 13.2 Å². The quantitative estimate of drug-likeness (QED) is 0.701. The summed E-state index contributed by atoms with van der Waals surface area (Å²) < 4.78 is 27.2. The molecule has 1 saturated carbocycles. The number of amides is 1. The fourth-order valence-electron chi connectivity index (χ4n) is 2.67. The standard InChI is InChI=1S/C16H23N3O3S.ClH/c20-16(19-14-6-8-17-9-7-14)13-2-1-3-15(10-13)23(21,22)18-11-12-4-5-12;/h1-3,10,12,14,17-18H,4-9,11H2,(H,19,20);1H. The lowest BCUT2D eigenvalue weighted by molar-refractivity contribution is 0.0929. The summed E-state index contributed by atoms with van der Waals surface area (Å²) in [6, 6.07) is 6.39. The van der Waals surface area contributed by atoms with Gasteiger partial charge in [0, 0.05) is 18.2 Å². The van der Waals surface area contributed by atoms with Gasteiger partial charge in [0.25, 0.3) is 5.91 Å². The second-order valence-electron chi connectivity index (χ2n) is 6.32. The van der Waals surface area contributed by atoms with Crippen LogP contribution in [0.5, 0.6) is 0 Å². The molecule has 3 N–H and O–H groups in total. The minimum absolute atomic E-state index is 0. The Morgan fingerprint density at radius 2 is 1.88 bits per heavy atom. The highest BCUT2D eigenvalue weighted by Gasteiger charge is 2.25. The average molecular weight is 374 g/mol. The van der Waals surface area contributed by atoms with Gasteiger partial charge in [0.2, 0.25) is 10.0 Å². The van der Waals surface area contributed by atoms with Crippen molar-refractivity contribution in [2.24, 2.45) is 5.92 Å². The van der Waals surface area contributed by atoms with Gasteiger partial charge in [0.15, 0.2) is 0 Å². The highest BCUT2D eigenvalue weighted by Crippen LogP contribution is 2.28. The molecule has 1 saturated heterocycles. The smallest absolute Gasteiger partial charge is 0.251 e. The van der Waals surface area contributed by atoms with E-state index in [2.05, 4.69) is 15.4 Å². The van der Waals surface area contributed by atoms with Crippen molar-refractivity contribution in [3.05, 3.63) is 29.8 Å². The maximum absolute atomic E-state index is 12.3. The van der Waals surface area contributed by atoms with Gasteiger partial charge in [0.1, 0.15) is 0 Å². The molecule has 2 aliphatic rings. The van der Waals surface area contributed by atoms with Gasteiger partial charge >= 0.3 is 0 Å². The van der Waals surface area contributed by atoms with Crippen LogP contribution in [0.15, 0.2) is 29.2 Å². The molecule has 0 aromatic heterocycles. The highest BCUT2D eigenvalue weighted by molar-refractivity contribution is 7.89. The zero-order valence-electron chi connectivity index (χ0n) is 13.5. The number of carbonyl (C=O) groups is 1. The number of carbonyl (C=O) groups excluding carboxylic acids is 1. The third-order valence-corrected chi connectivity index (χ3v) is 5.76. The van der Waals surface area contributed by atoms with Crippen LogP contribution < -0.4 is 15.4 Å². The highest BCUT2D eigenvalue weighted by atomic mass is 35.5. The van der Waals surface area contributed by atoms with Crippen LogP contribution in [0, 0.1) is 5.92 Å². The molecule has 2 fully saturated rings. The third-order valence-electron chi connectivity index (χ3n) is 4.34. The van der Waals surface area contributed by atoms with Gasteiger partial charge < -0.3 is 10.6 Å². The first-order valence-corrected chi connectivity index (χ1v) is 9.64. The molecule has 1 amide bonds. The van der Waals surface area contributed by atoms with Crippen LogP contribution >= 0.6 is 12.4 Å². The molecule has 134 valence electrons. The SMILES string of the molecule is Cl.O=C(NC1CCNCC1)c1cccc(S(=O)(=O)NCC2CC2)c1. The number of hydrogen-bond acceptors (Lipinski definition) is 4. The van der Waals surface area contributed by atoms with Crippen LogP contribution in [0.1, 0.15) is 36.0 Å². The van der Waals surface area contributed by atoms with Crippen molar-refractivity contribution in [1.29, 1.82) is 0 Å². The first kappa shape index (κ1) is 19.2. The van der Waals surface area contributed by atoms with Crippen LogP contribution in [0.25, 0.3) is 0 Å². The number of piperidine rings is 1. The van der Waals surface area contributed by atoms with Gasteiger partial charge in [-0.25, -0.2) is 13.1 Å². The molecule has 0 unspecified atom stereocenters. The number of halogens is 1. The number of nitrogens with one attached hydrogen (secondary N) is 3. The lowest BCUT2D eigenvalue weighted by Gasteiger charge is -2.23. The maximum atomic E-state index is 12.3. The molecule has 1 heterocycles. The van der Waals surface area contributed by atoms with Crippen molar-refractivity contribution in [1.82, 2.24) is 15.4 Å². The summed E-state index contributed by atoms with van der Waals surface area (Å²) in [5.41, 5.74) is 0.387. The van der Waals surface area contributed by atoms with E-state index in [0.29, 0.717) is 18.0 Å². The molecule has 0 bridgehead atoms. The van der Waals surface area contributed by atoms with E-state index in [1.807, 2.05) is 0 Å². The van der Waals surface area contributed by atoms with E-state index in [4.69, 9.17) is 0 Å². The van der Waals surface area contributed by atoms with Gasteiger partial charge in [-0.15, -0.1) is 12.4 Å². The van der Waals surface area contributed by atoms with Crippen molar-refractivity contribution in [2.45, 2.75) is 36.6 Å². The molecule has 1 aromatic rings. The molecule has 1 aromatic carbocycles. The van der Waals surface area contributed by atoms with Crippen molar-refractivity contribution < 1.29 is 13.2 Å².